The zero-order chi connectivity index (χ0) is 8.97. The van der Waals surface area contributed by atoms with Crippen molar-refractivity contribution in [2.45, 2.75) is 18.9 Å². The lowest BCUT2D eigenvalue weighted by atomic mass is 9.92. The number of hydrogen-bond acceptors (Lipinski definition) is 2. The van der Waals surface area contributed by atoms with Crippen LogP contribution in [0, 0.1) is 5.92 Å². The van der Waals surface area contributed by atoms with Gasteiger partial charge in [0.25, 0.3) is 0 Å². The van der Waals surface area contributed by atoms with Crippen LogP contribution in [0.3, 0.4) is 0 Å². The Hall–Kier alpha value is 0.210. The summed E-state index contributed by atoms with van der Waals surface area (Å²) in [6.45, 7) is 2.44. The van der Waals surface area contributed by atoms with Crippen LogP contribution in [-0.2, 0) is 0 Å². The molecule has 2 unspecified atom stereocenters. The van der Waals surface area contributed by atoms with Gasteiger partial charge in [0, 0.05) is 18.5 Å². The van der Waals surface area contributed by atoms with Gasteiger partial charge in [-0.3, -0.25) is 0 Å². The maximum absolute atomic E-state index is 5.87. The molecule has 0 saturated carbocycles. The molecule has 1 heterocycles. The molecule has 1 saturated heterocycles. The van der Waals surface area contributed by atoms with Crippen molar-refractivity contribution in [1.29, 1.82) is 0 Å². The highest BCUT2D eigenvalue weighted by Crippen LogP contribution is 2.19. The molecular weight excluding hydrogens is 172 g/mol. The van der Waals surface area contributed by atoms with Crippen LogP contribution >= 0.6 is 11.6 Å². The molecule has 0 bridgehead atoms. The Morgan fingerprint density at radius 1 is 1.67 bits per heavy atom. The maximum Gasteiger partial charge on any atom is 0.0380 e. The monoisotopic (exact) mass is 190 g/mol. The van der Waals surface area contributed by atoms with Gasteiger partial charge in [0.05, 0.1) is 0 Å². The number of nitrogens with one attached hydrogen (secondary N) is 1. The molecule has 1 N–H and O–H groups in total. The number of alkyl halides is 1. The molecular formula is C9H19ClN2. The molecule has 72 valence electrons. The third kappa shape index (κ3) is 2.61. The molecule has 2 nitrogen and oxygen atoms in total. The van der Waals surface area contributed by atoms with Crippen LogP contribution < -0.4 is 5.32 Å². The lowest BCUT2D eigenvalue weighted by molar-refractivity contribution is 0.183. The van der Waals surface area contributed by atoms with E-state index < -0.39 is 0 Å². The largest absolute Gasteiger partial charge is 0.315 e. The van der Waals surface area contributed by atoms with Crippen LogP contribution in [-0.4, -0.2) is 44.0 Å². The van der Waals surface area contributed by atoms with Crippen molar-refractivity contribution in [1.82, 2.24) is 10.2 Å². The number of hydrogen-bond donors (Lipinski definition) is 1. The standard InChI is InChI=1S/C9H19ClN2/c1-11-9(6-10)8-4-3-5-12(2)7-8/h8-9,11H,3-7H2,1-2H3. The quantitative estimate of drug-likeness (QED) is 0.672. The second kappa shape index (κ2) is 5.05. The van der Waals surface area contributed by atoms with E-state index >= 15 is 0 Å². The molecule has 0 radical (unpaired) electrons. The molecule has 1 fully saturated rings. The molecule has 0 aromatic rings. The van der Waals surface area contributed by atoms with E-state index in [-0.39, 0.29) is 0 Å². The Balaban J connectivity index is 2.38. The van der Waals surface area contributed by atoms with Gasteiger partial charge in [-0.25, -0.2) is 0 Å². The summed E-state index contributed by atoms with van der Waals surface area (Å²) in [5.74, 6) is 1.47. The molecule has 1 rings (SSSR count). The van der Waals surface area contributed by atoms with Crippen LogP contribution in [0.15, 0.2) is 0 Å². The predicted octanol–water partition coefficient (Wildman–Crippen LogP) is 1.15. The average molecular weight is 191 g/mol. The third-order valence-electron chi connectivity index (χ3n) is 2.77. The van der Waals surface area contributed by atoms with Crippen molar-refractivity contribution >= 4 is 11.6 Å². The van der Waals surface area contributed by atoms with Crippen LogP contribution in [0.4, 0.5) is 0 Å². The van der Waals surface area contributed by atoms with E-state index in [1.165, 1.54) is 25.9 Å². The lowest BCUT2D eigenvalue weighted by Crippen LogP contribution is -2.44. The molecule has 3 heteroatoms. The van der Waals surface area contributed by atoms with E-state index in [9.17, 15) is 0 Å². The summed E-state index contributed by atoms with van der Waals surface area (Å²) in [6.07, 6.45) is 2.64. The Bertz CT molecular complexity index is 126. The van der Waals surface area contributed by atoms with E-state index in [4.69, 9.17) is 11.6 Å². The van der Waals surface area contributed by atoms with Crippen LogP contribution in [0.2, 0.25) is 0 Å². The normalized spacial score (nSPS) is 28.8. The lowest BCUT2D eigenvalue weighted by Gasteiger charge is -2.34. The topological polar surface area (TPSA) is 15.3 Å². The summed E-state index contributed by atoms with van der Waals surface area (Å²) in [4.78, 5) is 2.39. The van der Waals surface area contributed by atoms with E-state index in [1.54, 1.807) is 0 Å². The Morgan fingerprint density at radius 3 is 2.92 bits per heavy atom. The van der Waals surface area contributed by atoms with Gasteiger partial charge in [-0.05, 0) is 39.4 Å². The first-order valence-corrected chi connectivity index (χ1v) is 5.23. The Labute approximate surface area is 80.3 Å². The number of halogens is 1. The maximum atomic E-state index is 5.87. The fourth-order valence-corrected chi connectivity index (χ4v) is 2.38. The highest BCUT2D eigenvalue weighted by Gasteiger charge is 2.23. The van der Waals surface area contributed by atoms with Gasteiger partial charge in [0.15, 0.2) is 0 Å². The average Bonchev–Trinajstić information content (AvgIpc) is 2.07. The third-order valence-corrected chi connectivity index (χ3v) is 3.10. The summed E-state index contributed by atoms with van der Waals surface area (Å²) >= 11 is 5.87. The van der Waals surface area contributed by atoms with E-state index in [0.29, 0.717) is 6.04 Å². The van der Waals surface area contributed by atoms with Gasteiger partial charge in [0.1, 0.15) is 0 Å². The molecule has 1 aliphatic rings. The summed E-state index contributed by atoms with van der Waals surface area (Å²) in [5.41, 5.74) is 0. The molecule has 2 atom stereocenters. The first kappa shape index (κ1) is 10.3. The SMILES string of the molecule is CNC(CCl)C1CCCN(C)C1. The van der Waals surface area contributed by atoms with Gasteiger partial charge in [-0.15, -0.1) is 11.6 Å². The highest BCUT2D eigenvalue weighted by atomic mass is 35.5. The summed E-state index contributed by atoms with van der Waals surface area (Å²) in [7, 11) is 4.19. The summed E-state index contributed by atoms with van der Waals surface area (Å²) in [6, 6.07) is 0.495. The van der Waals surface area contributed by atoms with Crippen LogP contribution in [0.1, 0.15) is 12.8 Å². The second-order valence-corrected chi connectivity index (χ2v) is 4.02. The predicted molar refractivity (Wildman–Crippen MR) is 53.8 cm³/mol. The number of rotatable bonds is 3. The summed E-state index contributed by atoms with van der Waals surface area (Å²) in [5, 5.41) is 3.28. The van der Waals surface area contributed by atoms with Gasteiger partial charge < -0.3 is 10.2 Å². The van der Waals surface area contributed by atoms with Crippen molar-refractivity contribution in [2.75, 3.05) is 33.1 Å². The Morgan fingerprint density at radius 2 is 2.42 bits per heavy atom. The fraction of sp³-hybridized carbons (Fsp3) is 1.00. The molecule has 0 aromatic carbocycles. The number of piperidine rings is 1. The van der Waals surface area contributed by atoms with E-state index in [1.807, 2.05) is 7.05 Å². The Kier molecular flexibility index (Phi) is 4.33. The van der Waals surface area contributed by atoms with Gasteiger partial charge in [-0.2, -0.15) is 0 Å². The van der Waals surface area contributed by atoms with Crippen molar-refractivity contribution in [3.05, 3.63) is 0 Å². The fourth-order valence-electron chi connectivity index (χ4n) is 1.97. The van der Waals surface area contributed by atoms with Gasteiger partial charge in [-0.1, -0.05) is 0 Å². The molecule has 1 aliphatic heterocycles. The highest BCUT2D eigenvalue weighted by molar-refractivity contribution is 6.18. The number of likely N-dealkylation sites (tertiary alicyclic amines) is 1. The molecule has 0 spiro atoms. The molecule has 0 aliphatic carbocycles. The van der Waals surface area contributed by atoms with Gasteiger partial charge in [0.2, 0.25) is 0 Å². The minimum absolute atomic E-state index is 0.495. The minimum Gasteiger partial charge on any atom is -0.315 e. The smallest absolute Gasteiger partial charge is 0.0380 e. The summed E-state index contributed by atoms with van der Waals surface area (Å²) < 4.78 is 0. The zero-order valence-corrected chi connectivity index (χ0v) is 8.77. The van der Waals surface area contributed by atoms with Crippen molar-refractivity contribution in [3.63, 3.8) is 0 Å². The molecule has 12 heavy (non-hydrogen) atoms. The minimum atomic E-state index is 0.495. The van der Waals surface area contributed by atoms with E-state index in [2.05, 4.69) is 17.3 Å². The van der Waals surface area contributed by atoms with Gasteiger partial charge >= 0.3 is 0 Å². The first-order chi connectivity index (χ1) is 5.77. The number of nitrogens with zero attached hydrogens (tertiary/aromatic N) is 1. The van der Waals surface area contributed by atoms with Crippen LogP contribution in [0.25, 0.3) is 0 Å². The van der Waals surface area contributed by atoms with Crippen molar-refractivity contribution < 1.29 is 0 Å². The van der Waals surface area contributed by atoms with Crippen molar-refractivity contribution in [2.24, 2.45) is 5.92 Å². The van der Waals surface area contributed by atoms with Crippen molar-refractivity contribution in [3.8, 4) is 0 Å². The molecule has 0 aromatic heterocycles. The first-order valence-electron chi connectivity index (χ1n) is 4.69. The molecule has 0 amide bonds. The zero-order valence-electron chi connectivity index (χ0n) is 8.02. The van der Waals surface area contributed by atoms with Crippen LogP contribution in [0.5, 0.6) is 0 Å². The van der Waals surface area contributed by atoms with E-state index in [0.717, 1.165) is 11.8 Å². The second-order valence-electron chi connectivity index (χ2n) is 3.71.